The second-order valence-electron chi connectivity index (χ2n) is 2.83. The average molecular weight is 254 g/mol. The van der Waals surface area contributed by atoms with E-state index in [9.17, 15) is 13.2 Å². The van der Waals surface area contributed by atoms with E-state index < -0.39 is 12.8 Å². The minimum atomic E-state index is -4.41. The third-order valence-electron chi connectivity index (χ3n) is 1.55. The summed E-state index contributed by atoms with van der Waals surface area (Å²) in [6.07, 6.45) is -4.41. The minimum Gasteiger partial charge on any atom is -0.490 e. The van der Waals surface area contributed by atoms with Crippen LogP contribution in [0.15, 0.2) is 12.1 Å². The zero-order valence-electron chi connectivity index (χ0n) is 8.40. The predicted octanol–water partition coefficient (Wildman–Crippen LogP) is 3.48. The van der Waals surface area contributed by atoms with E-state index in [1.807, 2.05) is 0 Å². The van der Waals surface area contributed by atoms with E-state index in [1.54, 1.807) is 6.92 Å². The second kappa shape index (κ2) is 5.30. The van der Waals surface area contributed by atoms with Crippen LogP contribution in [0.25, 0.3) is 0 Å². The number of alkyl halides is 3. The molecule has 0 bridgehead atoms. The van der Waals surface area contributed by atoms with Crippen LogP contribution in [-0.4, -0.2) is 19.4 Å². The van der Waals surface area contributed by atoms with Crippen LogP contribution in [0.5, 0.6) is 11.5 Å². The molecule has 0 N–H and O–H groups in total. The third-order valence-corrected chi connectivity index (χ3v) is 1.83. The summed E-state index contributed by atoms with van der Waals surface area (Å²) in [6.45, 7) is 0.599. The molecule has 89 valence electrons. The number of hydrogen-bond acceptors (Lipinski definition) is 2. The van der Waals surface area contributed by atoms with Gasteiger partial charge in [-0.3, -0.25) is 0 Å². The summed E-state index contributed by atoms with van der Waals surface area (Å²) >= 11 is 5.69. The smallest absolute Gasteiger partial charge is 0.422 e. The van der Waals surface area contributed by atoms with Crippen molar-refractivity contribution in [3.05, 3.63) is 23.2 Å². The lowest BCUT2D eigenvalue weighted by Gasteiger charge is -2.14. The summed E-state index contributed by atoms with van der Waals surface area (Å²) in [5.41, 5.74) is 0. The molecular weight excluding hydrogens is 245 g/mol. The minimum absolute atomic E-state index is 0.0372. The van der Waals surface area contributed by atoms with Crippen molar-refractivity contribution in [1.29, 1.82) is 0 Å². The highest BCUT2D eigenvalue weighted by atomic mass is 35.5. The van der Waals surface area contributed by atoms with Gasteiger partial charge >= 0.3 is 6.18 Å². The third kappa shape index (κ3) is 3.81. The highest BCUT2D eigenvalue weighted by Gasteiger charge is 2.29. The zero-order chi connectivity index (χ0) is 12.2. The van der Waals surface area contributed by atoms with Crippen molar-refractivity contribution in [1.82, 2.24) is 0 Å². The van der Waals surface area contributed by atoms with Crippen LogP contribution in [-0.2, 0) is 0 Å². The lowest BCUT2D eigenvalue weighted by Crippen LogP contribution is -2.19. The van der Waals surface area contributed by atoms with Gasteiger partial charge in [-0.2, -0.15) is 13.2 Å². The number of benzene rings is 1. The van der Waals surface area contributed by atoms with Gasteiger partial charge in [0.25, 0.3) is 0 Å². The molecule has 6 heteroatoms. The lowest BCUT2D eigenvalue weighted by molar-refractivity contribution is -0.153. The fourth-order valence-corrected chi connectivity index (χ4v) is 1.21. The molecule has 1 aromatic rings. The Morgan fingerprint density at radius 2 is 2.00 bits per heavy atom. The van der Waals surface area contributed by atoms with E-state index in [0.29, 0.717) is 6.61 Å². The summed E-state index contributed by atoms with van der Waals surface area (Å²) in [5.74, 6) is 0.0406. The summed E-state index contributed by atoms with van der Waals surface area (Å²) in [6, 6.07) is 5.32. The van der Waals surface area contributed by atoms with Crippen molar-refractivity contribution >= 4 is 11.6 Å². The summed E-state index contributed by atoms with van der Waals surface area (Å²) in [4.78, 5) is 0. The van der Waals surface area contributed by atoms with E-state index in [4.69, 9.17) is 16.3 Å². The Labute approximate surface area is 95.9 Å². The Morgan fingerprint density at radius 1 is 1.31 bits per heavy atom. The number of ether oxygens (including phenoxy) is 2. The van der Waals surface area contributed by atoms with Gasteiger partial charge in [-0.25, -0.2) is 0 Å². The molecule has 16 heavy (non-hydrogen) atoms. The highest BCUT2D eigenvalue weighted by Crippen LogP contribution is 2.35. The van der Waals surface area contributed by atoms with Gasteiger partial charge in [-0.1, -0.05) is 11.6 Å². The summed E-state index contributed by atoms with van der Waals surface area (Å²) in [7, 11) is 0. The fourth-order valence-electron chi connectivity index (χ4n) is 0.996. The van der Waals surface area contributed by atoms with Gasteiger partial charge in [-0.15, -0.1) is 0 Å². The van der Waals surface area contributed by atoms with Crippen LogP contribution in [0.1, 0.15) is 6.92 Å². The molecule has 0 unspecified atom stereocenters. The van der Waals surface area contributed by atoms with Crippen molar-refractivity contribution in [2.75, 3.05) is 13.2 Å². The predicted molar refractivity (Wildman–Crippen MR) is 53.0 cm³/mol. The van der Waals surface area contributed by atoms with E-state index in [2.05, 4.69) is 10.8 Å². The first-order chi connectivity index (χ1) is 7.44. The Hall–Kier alpha value is -1.10. The van der Waals surface area contributed by atoms with Gasteiger partial charge in [0.15, 0.2) is 18.1 Å². The Kier molecular flexibility index (Phi) is 4.29. The molecule has 0 amide bonds. The standard InChI is InChI=1S/C10H9ClF3O2/c1-2-15-8-5-3-4-7(11)9(8)16-6-10(12,13)14/h4-5H,2,6H2,1H3. The van der Waals surface area contributed by atoms with Crippen LogP contribution in [0.2, 0.25) is 5.02 Å². The van der Waals surface area contributed by atoms with E-state index in [1.165, 1.54) is 12.1 Å². The molecule has 0 fully saturated rings. The number of hydrogen-bond donors (Lipinski definition) is 0. The van der Waals surface area contributed by atoms with Crippen LogP contribution < -0.4 is 9.47 Å². The fraction of sp³-hybridized carbons (Fsp3) is 0.400. The van der Waals surface area contributed by atoms with Crippen molar-refractivity contribution in [2.24, 2.45) is 0 Å². The molecular formula is C10H9ClF3O2. The maximum absolute atomic E-state index is 12.0. The second-order valence-corrected chi connectivity index (χ2v) is 3.24. The largest absolute Gasteiger partial charge is 0.490 e. The quantitative estimate of drug-likeness (QED) is 0.818. The number of rotatable bonds is 4. The molecule has 0 aliphatic carbocycles. The Morgan fingerprint density at radius 3 is 2.56 bits per heavy atom. The molecule has 0 saturated heterocycles. The van der Waals surface area contributed by atoms with E-state index in [-0.39, 0.29) is 16.5 Å². The average Bonchev–Trinajstić information content (AvgIpc) is 2.15. The first kappa shape index (κ1) is 13.0. The summed E-state index contributed by atoms with van der Waals surface area (Å²) < 4.78 is 45.6. The van der Waals surface area contributed by atoms with Gasteiger partial charge in [0, 0.05) is 0 Å². The zero-order valence-corrected chi connectivity index (χ0v) is 9.15. The molecule has 0 atom stereocenters. The molecule has 1 radical (unpaired) electrons. The SMILES string of the molecule is CCOc1c[c]cc(Cl)c1OCC(F)(F)F. The molecule has 0 aliphatic heterocycles. The van der Waals surface area contributed by atoms with E-state index >= 15 is 0 Å². The number of halogens is 4. The molecule has 0 aromatic heterocycles. The van der Waals surface area contributed by atoms with Crippen LogP contribution in [0.4, 0.5) is 13.2 Å². The van der Waals surface area contributed by atoms with Gasteiger partial charge in [0.2, 0.25) is 0 Å². The van der Waals surface area contributed by atoms with E-state index in [0.717, 1.165) is 0 Å². The van der Waals surface area contributed by atoms with Gasteiger partial charge < -0.3 is 9.47 Å². The highest BCUT2D eigenvalue weighted by molar-refractivity contribution is 6.32. The molecule has 1 aromatic carbocycles. The maximum Gasteiger partial charge on any atom is 0.422 e. The maximum atomic E-state index is 12.0. The molecule has 1 rings (SSSR count). The summed E-state index contributed by atoms with van der Waals surface area (Å²) in [5, 5.41) is 0.0372. The van der Waals surface area contributed by atoms with Crippen molar-refractivity contribution in [3.63, 3.8) is 0 Å². The van der Waals surface area contributed by atoms with Gasteiger partial charge in [-0.05, 0) is 25.1 Å². The lowest BCUT2D eigenvalue weighted by atomic mass is 10.3. The van der Waals surface area contributed by atoms with Crippen molar-refractivity contribution in [3.8, 4) is 11.5 Å². The first-order valence-electron chi connectivity index (χ1n) is 4.46. The van der Waals surface area contributed by atoms with Crippen molar-refractivity contribution < 1.29 is 22.6 Å². The molecule has 0 aliphatic rings. The Balaban J connectivity index is 2.84. The molecule has 0 heterocycles. The van der Waals surface area contributed by atoms with Crippen LogP contribution >= 0.6 is 11.6 Å². The molecule has 0 spiro atoms. The molecule has 2 nitrogen and oxygen atoms in total. The normalized spacial score (nSPS) is 11.3. The first-order valence-corrected chi connectivity index (χ1v) is 4.83. The topological polar surface area (TPSA) is 18.5 Å². The Bertz CT molecular complexity index is 352. The van der Waals surface area contributed by atoms with Crippen molar-refractivity contribution in [2.45, 2.75) is 13.1 Å². The van der Waals surface area contributed by atoms with Crippen LogP contribution in [0, 0.1) is 6.07 Å². The molecule has 0 saturated carbocycles. The van der Waals surface area contributed by atoms with Gasteiger partial charge in [0.05, 0.1) is 11.6 Å². The van der Waals surface area contributed by atoms with Gasteiger partial charge in [0.1, 0.15) is 0 Å². The monoisotopic (exact) mass is 253 g/mol. The van der Waals surface area contributed by atoms with Crippen LogP contribution in [0.3, 0.4) is 0 Å².